The second-order valence-corrected chi connectivity index (χ2v) is 14.5. The Bertz CT molecular complexity index is 2880. The molecule has 0 fully saturated rings. The molecule has 11 rings (SSSR count). The van der Waals surface area contributed by atoms with Gasteiger partial charge in [0.25, 0.3) is 0 Å². The molecular formula is C54H34O2. The highest BCUT2D eigenvalue weighted by Crippen LogP contribution is 2.41. The Hall–Kier alpha value is -7.42. The maximum Gasteiger partial charge on any atom is 0.139 e. The first-order valence-corrected chi connectivity index (χ1v) is 19.1. The maximum atomic E-state index is 6.59. The predicted octanol–water partition coefficient (Wildman–Crippen LogP) is 15.5. The summed E-state index contributed by atoms with van der Waals surface area (Å²) in [7, 11) is 0. The molecule has 2 heteroatoms. The lowest BCUT2D eigenvalue weighted by Gasteiger charge is -2.11. The van der Waals surface area contributed by atoms with Crippen LogP contribution in [0.25, 0.3) is 111 Å². The number of benzene rings is 9. The van der Waals surface area contributed by atoms with Crippen LogP contribution >= 0.6 is 0 Å². The summed E-state index contributed by atoms with van der Waals surface area (Å²) in [5, 5.41) is 4.34. The molecule has 0 aliphatic rings. The van der Waals surface area contributed by atoms with E-state index in [-0.39, 0.29) is 0 Å². The smallest absolute Gasteiger partial charge is 0.139 e. The van der Waals surface area contributed by atoms with Crippen LogP contribution in [0.5, 0.6) is 0 Å². The summed E-state index contributed by atoms with van der Waals surface area (Å²) < 4.78 is 13.2. The molecule has 0 aliphatic heterocycles. The van der Waals surface area contributed by atoms with E-state index in [0.29, 0.717) is 0 Å². The van der Waals surface area contributed by atoms with Crippen molar-refractivity contribution >= 4 is 43.9 Å². The van der Waals surface area contributed by atoms with Crippen LogP contribution in [0.2, 0.25) is 0 Å². The molecule has 0 saturated carbocycles. The zero-order valence-electron chi connectivity index (χ0n) is 30.4. The van der Waals surface area contributed by atoms with E-state index in [1.54, 1.807) is 0 Å². The lowest BCUT2D eigenvalue weighted by atomic mass is 9.93. The molecule has 0 atom stereocenters. The van der Waals surface area contributed by atoms with Crippen LogP contribution in [0.15, 0.2) is 215 Å². The summed E-state index contributed by atoms with van der Waals surface area (Å²) in [6.07, 6.45) is 0. The molecule has 2 aromatic heterocycles. The highest BCUT2D eigenvalue weighted by molar-refractivity contribution is 6.15. The highest BCUT2D eigenvalue weighted by atomic mass is 16.3. The molecule has 56 heavy (non-hydrogen) atoms. The molecule has 2 nitrogen and oxygen atoms in total. The normalized spacial score (nSPS) is 11.6. The molecule has 0 aliphatic carbocycles. The molecule has 9 aromatic carbocycles. The molecule has 0 radical (unpaired) electrons. The van der Waals surface area contributed by atoms with Crippen molar-refractivity contribution in [2.45, 2.75) is 0 Å². The van der Waals surface area contributed by atoms with Crippen LogP contribution in [-0.4, -0.2) is 0 Å². The van der Waals surface area contributed by atoms with Crippen molar-refractivity contribution in [3.63, 3.8) is 0 Å². The topological polar surface area (TPSA) is 26.3 Å². The van der Waals surface area contributed by atoms with E-state index < -0.39 is 0 Å². The minimum absolute atomic E-state index is 0.815. The van der Waals surface area contributed by atoms with E-state index >= 15 is 0 Å². The highest BCUT2D eigenvalue weighted by Gasteiger charge is 2.16. The van der Waals surface area contributed by atoms with Gasteiger partial charge in [-0.25, -0.2) is 0 Å². The third-order valence-corrected chi connectivity index (χ3v) is 11.0. The average molecular weight is 715 g/mol. The van der Waals surface area contributed by atoms with E-state index in [1.165, 1.54) is 44.5 Å². The van der Waals surface area contributed by atoms with Gasteiger partial charge in [-0.05, 0) is 133 Å². The van der Waals surface area contributed by atoms with Crippen molar-refractivity contribution in [2.24, 2.45) is 0 Å². The number of hydrogen-bond donors (Lipinski definition) is 0. The Balaban J connectivity index is 0.996. The zero-order chi connectivity index (χ0) is 37.0. The van der Waals surface area contributed by atoms with Crippen molar-refractivity contribution in [1.82, 2.24) is 0 Å². The Kier molecular flexibility index (Phi) is 7.53. The number of rotatable bonds is 6. The average Bonchev–Trinajstić information content (AvgIpc) is 3.82. The van der Waals surface area contributed by atoms with Crippen molar-refractivity contribution in [3.8, 4) is 66.8 Å². The fourth-order valence-corrected chi connectivity index (χ4v) is 8.18. The monoisotopic (exact) mass is 714 g/mol. The van der Waals surface area contributed by atoms with Crippen LogP contribution < -0.4 is 0 Å². The number of fused-ring (bicyclic) bond motifs is 6. The minimum atomic E-state index is 0.815. The SMILES string of the molecule is c1ccc(-c2cc(-c3ccccc3)cc(-c3ccc4c(c3)oc3cc5oc6cc(-c7cc(-c8ccccc8)cc(-c8ccccc8)c7)ccc6c5cc34)c2)cc1. The molecule has 0 N–H and O–H groups in total. The third-order valence-electron chi connectivity index (χ3n) is 11.0. The lowest BCUT2D eigenvalue weighted by Crippen LogP contribution is -1.86. The van der Waals surface area contributed by atoms with Gasteiger partial charge in [-0.1, -0.05) is 133 Å². The first kappa shape index (κ1) is 32.0. The molecule has 0 saturated heterocycles. The van der Waals surface area contributed by atoms with Crippen molar-refractivity contribution in [3.05, 3.63) is 206 Å². The van der Waals surface area contributed by atoms with Crippen molar-refractivity contribution < 1.29 is 8.83 Å². The molecule has 11 aromatic rings. The van der Waals surface area contributed by atoms with Crippen LogP contribution in [0.3, 0.4) is 0 Å². The second-order valence-electron chi connectivity index (χ2n) is 14.5. The standard InChI is InChI=1S/C54H34O2/c1-5-13-35(14-6-1)41-25-42(36-15-7-2-8-16-36)28-45(27-41)39-21-23-47-49-33-50-48-24-22-40(32-52(48)56-54(50)34-53(49)55-51(47)31-39)46-29-43(37-17-9-3-10-18-37)26-44(30-46)38-19-11-4-12-20-38/h1-34H. The Labute approximate surface area is 324 Å². The van der Waals surface area contributed by atoms with Gasteiger partial charge in [0.2, 0.25) is 0 Å². The van der Waals surface area contributed by atoms with Gasteiger partial charge in [0, 0.05) is 27.6 Å². The Morgan fingerprint density at radius 1 is 0.179 bits per heavy atom. The first-order valence-electron chi connectivity index (χ1n) is 19.1. The van der Waals surface area contributed by atoms with Crippen molar-refractivity contribution in [2.75, 3.05) is 0 Å². The Morgan fingerprint density at radius 2 is 0.464 bits per heavy atom. The van der Waals surface area contributed by atoms with Gasteiger partial charge in [-0.2, -0.15) is 0 Å². The molecule has 0 spiro atoms. The zero-order valence-corrected chi connectivity index (χ0v) is 30.4. The molecule has 0 amide bonds. The van der Waals surface area contributed by atoms with Gasteiger partial charge in [-0.3, -0.25) is 0 Å². The molecule has 0 unspecified atom stereocenters. The first-order chi connectivity index (χ1) is 27.7. The maximum absolute atomic E-state index is 6.59. The summed E-state index contributed by atoms with van der Waals surface area (Å²) in [6.45, 7) is 0. The second kappa shape index (κ2) is 13.2. The van der Waals surface area contributed by atoms with Crippen molar-refractivity contribution in [1.29, 1.82) is 0 Å². The van der Waals surface area contributed by atoms with E-state index in [1.807, 2.05) is 0 Å². The van der Waals surface area contributed by atoms with E-state index in [9.17, 15) is 0 Å². The Morgan fingerprint density at radius 3 is 0.786 bits per heavy atom. The summed E-state index contributed by atoms with van der Waals surface area (Å²) in [6, 6.07) is 73.5. The third kappa shape index (κ3) is 5.68. The molecular weight excluding hydrogens is 681 g/mol. The van der Waals surface area contributed by atoms with Crippen LogP contribution in [0.1, 0.15) is 0 Å². The van der Waals surface area contributed by atoms with E-state index in [0.717, 1.165) is 66.1 Å². The van der Waals surface area contributed by atoms with Gasteiger partial charge in [0.1, 0.15) is 22.3 Å². The fourth-order valence-electron chi connectivity index (χ4n) is 8.18. The van der Waals surface area contributed by atoms with Gasteiger partial charge in [0.15, 0.2) is 0 Å². The molecule has 262 valence electrons. The van der Waals surface area contributed by atoms with Crippen LogP contribution in [0, 0.1) is 0 Å². The molecule has 0 bridgehead atoms. The fraction of sp³-hybridized carbons (Fsp3) is 0. The largest absolute Gasteiger partial charge is 0.456 e. The van der Waals surface area contributed by atoms with Gasteiger partial charge >= 0.3 is 0 Å². The number of hydrogen-bond acceptors (Lipinski definition) is 2. The number of furan rings is 2. The summed E-state index contributed by atoms with van der Waals surface area (Å²) in [4.78, 5) is 0. The summed E-state index contributed by atoms with van der Waals surface area (Å²) >= 11 is 0. The van der Waals surface area contributed by atoms with E-state index in [4.69, 9.17) is 8.83 Å². The summed E-state index contributed by atoms with van der Waals surface area (Å²) in [5.41, 5.74) is 17.4. The predicted molar refractivity (Wildman–Crippen MR) is 234 cm³/mol. The lowest BCUT2D eigenvalue weighted by molar-refractivity contribution is 0.656. The van der Waals surface area contributed by atoms with Gasteiger partial charge in [0.05, 0.1) is 0 Å². The summed E-state index contributed by atoms with van der Waals surface area (Å²) in [5.74, 6) is 0. The van der Waals surface area contributed by atoms with Gasteiger partial charge < -0.3 is 8.83 Å². The molecule has 2 heterocycles. The minimum Gasteiger partial charge on any atom is -0.456 e. The van der Waals surface area contributed by atoms with E-state index in [2.05, 4.69) is 206 Å². The van der Waals surface area contributed by atoms with Crippen LogP contribution in [0.4, 0.5) is 0 Å². The van der Waals surface area contributed by atoms with Gasteiger partial charge in [-0.15, -0.1) is 0 Å². The quantitative estimate of drug-likeness (QED) is 0.171. The van der Waals surface area contributed by atoms with Crippen LogP contribution in [-0.2, 0) is 0 Å².